The third-order valence-corrected chi connectivity index (χ3v) is 5.35. The lowest BCUT2D eigenvalue weighted by atomic mass is 9.87. The van der Waals surface area contributed by atoms with Gasteiger partial charge >= 0.3 is 5.97 Å². The van der Waals surface area contributed by atoms with E-state index in [0.29, 0.717) is 17.9 Å². The molecule has 3 rings (SSSR count). The molecule has 0 atom stereocenters. The van der Waals surface area contributed by atoms with E-state index < -0.39 is 11.9 Å². The van der Waals surface area contributed by atoms with Crippen LogP contribution in [0.2, 0.25) is 0 Å². The van der Waals surface area contributed by atoms with Crippen molar-refractivity contribution in [2.45, 2.75) is 52.9 Å². The lowest BCUT2D eigenvalue weighted by Gasteiger charge is -2.29. The van der Waals surface area contributed by atoms with E-state index in [9.17, 15) is 9.59 Å². The topological polar surface area (TPSA) is 98.4 Å². The number of hydrogen-bond acceptors (Lipinski definition) is 6. The number of benzene rings is 1. The maximum Gasteiger partial charge on any atom is 0.308 e. The van der Waals surface area contributed by atoms with Gasteiger partial charge in [0, 0.05) is 32.1 Å². The molecule has 0 saturated carbocycles. The highest BCUT2D eigenvalue weighted by atomic mass is 16.5. The maximum atomic E-state index is 11.8. The number of hydrogen-bond donors (Lipinski definition) is 1. The number of esters is 1. The van der Waals surface area contributed by atoms with E-state index in [0.717, 1.165) is 19.5 Å². The van der Waals surface area contributed by atoms with Crippen LogP contribution in [0, 0.1) is 6.92 Å². The fourth-order valence-corrected chi connectivity index (χ4v) is 3.61. The van der Waals surface area contributed by atoms with Crippen LogP contribution < -0.4 is 15.4 Å². The molecule has 0 fully saturated rings. The van der Waals surface area contributed by atoms with Gasteiger partial charge in [0.2, 0.25) is 0 Å². The van der Waals surface area contributed by atoms with Gasteiger partial charge in [0.05, 0.1) is 5.69 Å². The monoisotopic (exact) mass is 422 g/mol. The van der Waals surface area contributed by atoms with Gasteiger partial charge in [-0.3, -0.25) is 9.59 Å². The summed E-state index contributed by atoms with van der Waals surface area (Å²) in [4.78, 5) is 34.1. The first-order valence-corrected chi connectivity index (χ1v) is 10.4. The number of carbonyl (C=O) groups excluding carboxylic acids is 2. The highest BCUT2D eigenvalue weighted by molar-refractivity contribution is 5.94. The van der Waals surface area contributed by atoms with E-state index in [2.05, 4.69) is 66.0 Å². The minimum Gasteiger partial charge on any atom is -0.422 e. The lowest BCUT2D eigenvalue weighted by molar-refractivity contribution is -0.132. The number of rotatable bonds is 5. The predicted molar refractivity (Wildman–Crippen MR) is 120 cm³/mol. The van der Waals surface area contributed by atoms with Crippen LogP contribution >= 0.6 is 0 Å². The van der Waals surface area contributed by atoms with Gasteiger partial charge < -0.3 is 15.4 Å². The first-order chi connectivity index (χ1) is 14.5. The van der Waals surface area contributed by atoms with Crippen LogP contribution in [-0.2, 0) is 16.6 Å². The Bertz CT molecular complexity index is 1020. The Labute approximate surface area is 183 Å². The molecule has 0 spiro atoms. The minimum absolute atomic E-state index is 0.0336. The van der Waals surface area contributed by atoms with Gasteiger partial charge in [-0.1, -0.05) is 44.6 Å². The van der Waals surface area contributed by atoms with Crippen LogP contribution in [0.15, 0.2) is 35.9 Å². The van der Waals surface area contributed by atoms with Crippen molar-refractivity contribution in [2.75, 3.05) is 18.0 Å². The van der Waals surface area contributed by atoms with Gasteiger partial charge in [-0.15, -0.1) is 0 Å². The fourth-order valence-electron chi connectivity index (χ4n) is 3.61. The number of nitrogens with two attached hydrogens (primary N) is 1. The number of nitrogens with zero attached hydrogens (tertiary/aromatic N) is 3. The maximum absolute atomic E-state index is 11.8. The molecular formula is C24H30N4O3. The lowest BCUT2D eigenvalue weighted by Crippen LogP contribution is -2.29. The number of anilines is 1. The average Bonchev–Trinajstić information content (AvgIpc) is 2.69. The van der Waals surface area contributed by atoms with E-state index >= 15 is 0 Å². The number of aromatic nitrogens is 2. The van der Waals surface area contributed by atoms with Crippen molar-refractivity contribution in [3.05, 3.63) is 58.7 Å². The third kappa shape index (κ3) is 5.48. The number of carbonyl (C=O) groups is 2. The summed E-state index contributed by atoms with van der Waals surface area (Å²) < 4.78 is 5.09. The molecular weight excluding hydrogens is 392 g/mol. The summed E-state index contributed by atoms with van der Waals surface area (Å²) in [7, 11) is 0. The van der Waals surface area contributed by atoms with Crippen LogP contribution in [-0.4, -0.2) is 34.9 Å². The van der Waals surface area contributed by atoms with Gasteiger partial charge in [0.25, 0.3) is 5.91 Å². The summed E-state index contributed by atoms with van der Waals surface area (Å²) in [6.45, 7) is 11.3. The molecule has 2 heterocycles. The largest absolute Gasteiger partial charge is 0.422 e. The molecule has 1 aromatic heterocycles. The Morgan fingerprint density at radius 2 is 1.84 bits per heavy atom. The molecule has 1 aromatic carbocycles. The number of ether oxygens (including phenoxy) is 1. The second kappa shape index (κ2) is 8.88. The van der Waals surface area contributed by atoms with E-state index in [1.807, 2.05) is 0 Å². The fraction of sp³-hybridized carbons (Fsp3) is 0.417. The summed E-state index contributed by atoms with van der Waals surface area (Å²) in [5.74, 6) is -0.763. The molecule has 1 amide bonds. The first-order valence-electron chi connectivity index (χ1n) is 10.4. The van der Waals surface area contributed by atoms with Crippen LogP contribution in [0.25, 0.3) is 0 Å². The van der Waals surface area contributed by atoms with E-state index in [1.54, 1.807) is 6.92 Å². The summed E-state index contributed by atoms with van der Waals surface area (Å²) in [6, 6.07) is 8.75. The zero-order valence-electron chi connectivity index (χ0n) is 18.9. The summed E-state index contributed by atoms with van der Waals surface area (Å²) >= 11 is 0. The molecule has 7 heteroatoms. The van der Waals surface area contributed by atoms with Gasteiger partial charge in [-0.2, -0.15) is 0 Å². The van der Waals surface area contributed by atoms with Crippen molar-refractivity contribution in [3.8, 4) is 5.75 Å². The number of primary amides is 1. The second-order valence-electron chi connectivity index (χ2n) is 8.89. The first kappa shape index (κ1) is 22.5. The van der Waals surface area contributed by atoms with Crippen molar-refractivity contribution in [2.24, 2.45) is 5.73 Å². The van der Waals surface area contributed by atoms with Crippen molar-refractivity contribution in [1.29, 1.82) is 0 Å². The second-order valence-corrected chi connectivity index (χ2v) is 8.89. The molecule has 1 aliphatic rings. The van der Waals surface area contributed by atoms with Crippen LogP contribution in [0.4, 0.5) is 5.69 Å². The van der Waals surface area contributed by atoms with Crippen molar-refractivity contribution >= 4 is 17.6 Å². The number of amides is 1. The van der Waals surface area contributed by atoms with Gasteiger partial charge in [-0.05, 0) is 36.5 Å². The molecule has 164 valence electrons. The van der Waals surface area contributed by atoms with Crippen LogP contribution in [0.3, 0.4) is 0 Å². The molecule has 2 N–H and O–H groups in total. The highest BCUT2D eigenvalue weighted by Crippen LogP contribution is 2.27. The Kier molecular flexibility index (Phi) is 6.43. The molecule has 1 aliphatic heterocycles. The Hall–Kier alpha value is -3.22. The Morgan fingerprint density at radius 3 is 2.35 bits per heavy atom. The molecule has 2 aromatic rings. The molecule has 7 nitrogen and oxygen atoms in total. The smallest absolute Gasteiger partial charge is 0.308 e. The van der Waals surface area contributed by atoms with Crippen molar-refractivity contribution in [3.63, 3.8) is 0 Å². The SMILES string of the molecule is CC(=O)Oc1c(C)nc(CC2=CCN(c3ccc(C(C)(C)C)cc3)CC2)nc1C(N)=O. The van der Waals surface area contributed by atoms with E-state index in [1.165, 1.54) is 23.7 Å². The predicted octanol–water partition coefficient (Wildman–Crippen LogP) is 3.49. The van der Waals surface area contributed by atoms with E-state index in [-0.39, 0.29) is 16.9 Å². The third-order valence-electron chi connectivity index (χ3n) is 5.35. The average molecular weight is 423 g/mol. The molecule has 0 radical (unpaired) electrons. The van der Waals surface area contributed by atoms with Gasteiger partial charge in [0.15, 0.2) is 11.4 Å². The normalized spacial score (nSPS) is 14.2. The van der Waals surface area contributed by atoms with Crippen molar-refractivity contribution in [1.82, 2.24) is 9.97 Å². The zero-order valence-corrected chi connectivity index (χ0v) is 18.9. The summed E-state index contributed by atoms with van der Waals surface area (Å²) in [5, 5.41) is 0. The quantitative estimate of drug-likeness (QED) is 0.585. The molecule has 0 unspecified atom stereocenters. The highest BCUT2D eigenvalue weighted by Gasteiger charge is 2.21. The molecule has 0 saturated heterocycles. The van der Waals surface area contributed by atoms with E-state index in [4.69, 9.17) is 10.5 Å². The standard InChI is InChI=1S/C24H30N4O3/c1-15-22(31-16(2)29)21(23(25)30)27-20(26-15)14-17-10-12-28(13-11-17)19-8-6-18(7-9-19)24(3,4)5/h6-10H,11-14H2,1-5H3,(H2,25,30). The van der Waals surface area contributed by atoms with Gasteiger partial charge in [-0.25, -0.2) is 9.97 Å². The van der Waals surface area contributed by atoms with Gasteiger partial charge in [0.1, 0.15) is 5.82 Å². The molecule has 0 aliphatic carbocycles. The van der Waals surface area contributed by atoms with Crippen LogP contribution in [0.1, 0.15) is 61.7 Å². The molecule has 31 heavy (non-hydrogen) atoms. The number of aryl methyl sites for hydroxylation is 1. The van der Waals surface area contributed by atoms with Crippen LogP contribution in [0.5, 0.6) is 5.75 Å². The Balaban J connectivity index is 1.73. The molecule has 0 bridgehead atoms. The van der Waals surface area contributed by atoms with Crippen molar-refractivity contribution < 1.29 is 14.3 Å². The Morgan fingerprint density at radius 1 is 1.16 bits per heavy atom. The zero-order chi connectivity index (χ0) is 22.8. The summed E-state index contributed by atoms with van der Waals surface area (Å²) in [6.07, 6.45) is 3.59. The summed E-state index contributed by atoms with van der Waals surface area (Å²) in [5.41, 5.74) is 9.67. The minimum atomic E-state index is -0.745.